The molecule has 0 spiro atoms. The molecule has 0 amide bonds. The number of carbonyl (C=O) groups excluding carboxylic acids is 2. The summed E-state index contributed by atoms with van der Waals surface area (Å²) >= 11 is 1.40. The van der Waals surface area contributed by atoms with Crippen LogP contribution in [0, 0.1) is 0 Å². The van der Waals surface area contributed by atoms with E-state index in [1.807, 2.05) is 6.92 Å². The summed E-state index contributed by atoms with van der Waals surface area (Å²) in [5.41, 5.74) is 0.0255. The monoisotopic (exact) mass is 272 g/mol. The third kappa shape index (κ3) is 3.49. The molecule has 0 aliphatic heterocycles. The second kappa shape index (κ2) is 7.05. The van der Waals surface area contributed by atoms with Crippen LogP contribution in [0.4, 0.5) is 0 Å². The first-order valence-electron chi connectivity index (χ1n) is 5.71. The van der Waals surface area contributed by atoms with E-state index in [9.17, 15) is 9.59 Å². The van der Waals surface area contributed by atoms with E-state index >= 15 is 0 Å². The van der Waals surface area contributed by atoms with Gasteiger partial charge in [0.05, 0.1) is 13.2 Å². The smallest absolute Gasteiger partial charge is 0.359 e. The third-order valence-electron chi connectivity index (χ3n) is 1.91. The zero-order valence-electron chi connectivity index (χ0n) is 10.6. The molecular formula is C11H16N2O4S. The molecule has 1 N–H and O–H groups in total. The fraction of sp³-hybridized carbons (Fsp3) is 0.545. The van der Waals surface area contributed by atoms with Gasteiger partial charge in [0, 0.05) is 0 Å². The first-order valence-corrected chi connectivity index (χ1v) is 6.69. The average Bonchev–Trinajstić information content (AvgIpc) is 2.74. The fourth-order valence-electron chi connectivity index (χ4n) is 1.25. The number of ether oxygens (including phenoxy) is 2. The zero-order chi connectivity index (χ0) is 13.5. The SMILES string of the molecule is CCOC(=O)c1nc(SCC)[nH]c1C(=O)OCC. The molecule has 0 aromatic carbocycles. The van der Waals surface area contributed by atoms with Gasteiger partial charge in [-0.2, -0.15) is 0 Å². The van der Waals surface area contributed by atoms with Crippen LogP contribution in [0.5, 0.6) is 0 Å². The molecule has 0 radical (unpaired) electrons. The van der Waals surface area contributed by atoms with Crippen LogP contribution in [0.3, 0.4) is 0 Å². The van der Waals surface area contributed by atoms with E-state index in [2.05, 4.69) is 9.97 Å². The van der Waals surface area contributed by atoms with E-state index in [4.69, 9.17) is 9.47 Å². The Balaban J connectivity index is 3.04. The Hall–Kier alpha value is -1.50. The maximum atomic E-state index is 11.7. The summed E-state index contributed by atoms with van der Waals surface area (Å²) in [7, 11) is 0. The van der Waals surface area contributed by atoms with Gasteiger partial charge in [-0.3, -0.25) is 0 Å². The Morgan fingerprint density at radius 3 is 2.33 bits per heavy atom. The quantitative estimate of drug-likeness (QED) is 0.629. The second-order valence-electron chi connectivity index (χ2n) is 3.14. The van der Waals surface area contributed by atoms with Crippen LogP contribution in [0.2, 0.25) is 0 Å². The number of H-pyrrole nitrogens is 1. The number of rotatable bonds is 6. The van der Waals surface area contributed by atoms with Gasteiger partial charge in [0.1, 0.15) is 0 Å². The molecule has 100 valence electrons. The number of imidazole rings is 1. The molecule has 0 fully saturated rings. The molecule has 6 nitrogen and oxygen atoms in total. The summed E-state index contributed by atoms with van der Waals surface area (Å²) < 4.78 is 9.71. The zero-order valence-corrected chi connectivity index (χ0v) is 11.4. The van der Waals surface area contributed by atoms with E-state index in [0.29, 0.717) is 5.16 Å². The Labute approximate surface area is 109 Å². The highest BCUT2D eigenvalue weighted by Crippen LogP contribution is 2.18. The van der Waals surface area contributed by atoms with Crippen molar-refractivity contribution < 1.29 is 19.1 Å². The number of carbonyl (C=O) groups is 2. The maximum Gasteiger partial charge on any atom is 0.359 e. The van der Waals surface area contributed by atoms with Crippen LogP contribution in [0.15, 0.2) is 5.16 Å². The minimum atomic E-state index is -0.625. The molecular weight excluding hydrogens is 256 g/mol. The molecule has 0 unspecified atom stereocenters. The van der Waals surface area contributed by atoms with Gasteiger partial charge in [0.2, 0.25) is 0 Å². The molecule has 0 atom stereocenters. The van der Waals surface area contributed by atoms with Gasteiger partial charge in [-0.1, -0.05) is 18.7 Å². The highest BCUT2D eigenvalue weighted by atomic mass is 32.2. The largest absolute Gasteiger partial charge is 0.461 e. The number of esters is 2. The summed E-state index contributed by atoms with van der Waals surface area (Å²) in [6.07, 6.45) is 0. The molecule has 1 rings (SSSR count). The van der Waals surface area contributed by atoms with E-state index < -0.39 is 11.9 Å². The third-order valence-corrected chi connectivity index (χ3v) is 2.67. The van der Waals surface area contributed by atoms with Gasteiger partial charge < -0.3 is 14.5 Å². The van der Waals surface area contributed by atoms with Crippen molar-refractivity contribution in [2.75, 3.05) is 19.0 Å². The van der Waals surface area contributed by atoms with Crippen molar-refractivity contribution in [3.8, 4) is 0 Å². The second-order valence-corrected chi connectivity index (χ2v) is 4.39. The lowest BCUT2D eigenvalue weighted by Crippen LogP contribution is -2.13. The van der Waals surface area contributed by atoms with Crippen molar-refractivity contribution in [3.05, 3.63) is 11.4 Å². The normalized spacial score (nSPS) is 10.2. The number of nitrogens with one attached hydrogen (secondary N) is 1. The number of aromatic amines is 1. The van der Waals surface area contributed by atoms with Crippen molar-refractivity contribution >= 4 is 23.7 Å². The number of hydrogen-bond acceptors (Lipinski definition) is 6. The minimum Gasteiger partial charge on any atom is -0.461 e. The van der Waals surface area contributed by atoms with Crippen molar-refractivity contribution in [1.29, 1.82) is 0 Å². The number of aromatic nitrogens is 2. The maximum absolute atomic E-state index is 11.7. The summed E-state index contributed by atoms with van der Waals surface area (Å²) in [5.74, 6) is -0.450. The summed E-state index contributed by atoms with van der Waals surface area (Å²) in [5, 5.41) is 0.503. The van der Waals surface area contributed by atoms with Crippen molar-refractivity contribution in [2.24, 2.45) is 0 Å². The Kier molecular flexibility index (Phi) is 5.70. The van der Waals surface area contributed by atoms with Crippen LogP contribution in [0.25, 0.3) is 0 Å². The van der Waals surface area contributed by atoms with Gasteiger partial charge >= 0.3 is 11.9 Å². The number of nitrogens with zero attached hydrogens (tertiary/aromatic N) is 1. The minimum absolute atomic E-state index is 0.0220. The standard InChI is InChI=1S/C11H16N2O4S/c1-4-16-9(14)7-8(10(15)17-5-2)13-11(12-7)18-6-3/h4-6H2,1-3H3,(H,12,13). The Bertz CT molecular complexity index is 395. The summed E-state index contributed by atoms with van der Waals surface area (Å²) in [4.78, 5) is 30.2. The average molecular weight is 272 g/mol. The van der Waals surface area contributed by atoms with Gasteiger partial charge in [-0.05, 0) is 19.6 Å². The van der Waals surface area contributed by atoms with Crippen molar-refractivity contribution in [3.63, 3.8) is 0 Å². The Morgan fingerprint density at radius 2 is 1.78 bits per heavy atom. The van der Waals surface area contributed by atoms with Gasteiger partial charge in [-0.15, -0.1) is 0 Å². The predicted molar refractivity (Wildman–Crippen MR) is 66.9 cm³/mol. The predicted octanol–water partition coefficient (Wildman–Crippen LogP) is 1.88. The molecule has 0 aliphatic rings. The van der Waals surface area contributed by atoms with Crippen molar-refractivity contribution in [1.82, 2.24) is 9.97 Å². The van der Waals surface area contributed by atoms with Gasteiger partial charge in [0.15, 0.2) is 16.5 Å². The van der Waals surface area contributed by atoms with E-state index in [1.165, 1.54) is 11.8 Å². The van der Waals surface area contributed by atoms with Gasteiger partial charge in [-0.25, -0.2) is 14.6 Å². The first-order chi connectivity index (χ1) is 8.63. The lowest BCUT2D eigenvalue weighted by atomic mass is 10.3. The fourth-order valence-corrected chi connectivity index (χ4v) is 1.86. The molecule has 1 aromatic heterocycles. The highest BCUT2D eigenvalue weighted by molar-refractivity contribution is 7.99. The molecule has 0 saturated heterocycles. The summed E-state index contributed by atoms with van der Waals surface area (Å²) in [6.45, 7) is 5.79. The van der Waals surface area contributed by atoms with E-state index in [1.54, 1.807) is 13.8 Å². The van der Waals surface area contributed by atoms with Gasteiger partial charge in [0.25, 0.3) is 0 Å². The Morgan fingerprint density at radius 1 is 1.17 bits per heavy atom. The molecule has 0 saturated carbocycles. The van der Waals surface area contributed by atoms with E-state index in [0.717, 1.165) is 5.75 Å². The molecule has 7 heteroatoms. The van der Waals surface area contributed by atoms with Crippen molar-refractivity contribution in [2.45, 2.75) is 25.9 Å². The first kappa shape index (κ1) is 14.6. The lowest BCUT2D eigenvalue weighted by molar-refractivity contribution is 0.0471. The molecule has 1 aromatic rings. The van der Waals surface area contributed by atoms with Crippen LogP contribution in [-0.4, -0.2) is 40.9 Å². The number of thioether (sulfide) groups is 1. The van der Waals surface area contributed by atoms with E-state index in [-0.39, 0.29) is 24.6 Å². The van der Waals surface area contributed by atoms with Crippen LogP contribution in [-0.2, 0) is 9.47 Å². The highest BCUT2D eigenvalue weighted by Gasteiger charge is 2.24. The van der Waals surface area contributed by atoms with Crippen LogP contribution in [0.1, 0.15) is 41.7 Å². The summed E-state index contributed by atoms with van der Waals surface area (Å²) in [6, 6.07) is 0. The van der Waals surface area contributed by atoms with Crippen LogP contribution < -0.4 is 0 Å². The lowest BCUT2D eigenvalue weighted by Gasteiger charge is -2.01. The van der Waals surface area contributed by atoms with Crippen LogP contribution >= 0.6 is 11.8 Å². The molecule has 0 bridgehead atoms. The molecule has 0 aliphatic carbocycles. The molecule has 18 heavy (non-hydrogen) atoms. The topological polar surface area (TPSA) is 81.3 Å². The molecule has 1 heterocycles. The number of hydrogen-bond donors (Lipinski definition) is 1.